The van der Waals surface area contributed by atoms with Gasteiger partial charge in [0.2, 0.25) is 0 Å². The first kappa shape index (κ1) is 17.9. The minimum absolute atomic E-state index is 0.262. The van der Waals surface area contributed by atoms with Crippen molar-refractivity contribution in [2.45, 2.75) is 84.5 Å². The molecule has 1 N–H and O–H groups in total. The number of hydrogen-bond donors (Lipinski definition) is 1. The van der Waals surface area contributed by atoms with E-state index in [2.05, 4.69) is 6.92 Å². The monoisotopic (exact) mass is 259 g/mol. The highest BCUT2D eigenvalue weighted by molar-refractivity contribution is 4.48. The molecule has 0 spiro atoms. The predicted octanol–water partition coefficient (Wildman–Crippen LogP) is 5.02. The molecule has 0 aliphatic rings. The predicted molar refractivity (Wildman–Crippen MR) is 77.3 cm³/mol. The van der Waals surface area contributed by atoms with E-state index in [1.54, 1.807) is 6.92 Å². The third kappa shape index (κ3) is 12.3. The standard InChI is InChI=1S/C15H33NO2/c1-3-5-6-7-8-9-10-11-12-13-14-15-16(17,18)4-2/h17H,3-15H2,1-2H3. The smallest absolute Gasteiger partial charge is 0.108 e. The quantitative estimate of drug-likeness (QED) is 0.287. The van der Waals surface area contributed by atoms with Gasteiger partial charge < -0.3 is 5.21 Å². The summed E-state index contributed by atoms with van der Waals surface area (Å²) in [5.41, 5.74) is 0. The Kier molecular flexibility index (Phi) is 11.9. The van der Waals surface area contributed by atoms with E-state index in [0.29, 0.717) is 6.54 Å². The van der Waals surface area contributed by atoms with Crippen LogP contribution in [0, 0.1) is 5.21 Å². The fraction of sp³-hybridized carbons (Fsp3) is 1.00. The van der Waals surface area contributed by atoms with Crippen molar-refractivity contribution in [3.63, 3.8) is 0 Å². The van der Waals surface area contributed by atoms with Crippen molar-refractivity contribution in [2.75, 3.05) is 13.1 Å². The van der Waals surface area contributed by atoms with Crippen LogP contribution in [0.2, 0.25) is 0 Å². The lowest BCUT2D eigenvalue weighted by atomic mass is 10.1. The van der Waals surface area contributed by atoms with E-state index in [4.69, 9.17) is 0 Å². The summed E-state index contributed by atoms with van der Waals surface area (Å²) in [5, 5.41) is 20.5. The molecule has 110 valence electrons. The molecule has 0 heterocycles. The van der Waals surface area contributed by atoms with Crippen molar-refractivity contribution in [1.82, 2.24) is 0 Å². The fourth-order valence-electron chi connectivity index (χ4n) is 2.18. The largest absolute Gasteiger partial charge is 0.598 e. The van der Waals surface area contributed by atoms with Gasteiger partial charge in [-0.15, -0.1) is 0 Å². The number of quaternary nitrogens is 1. The average molecular weight is 259 g/mol. The van der Waals surface area contributed by atoms with Crippen LogP contribution in [0.15, 0.2) is 0 Å². The molecule has 0 bridgehead atoms. The molecule has 0 radical (unpaired) electrons. The van der Waals surface area contributed by atoms with Gasteiger partial charge in [-0.2, -0.15) is 0 Å². The summed E-state index contributed by atoms with van der Waals surface area (Å²) in [6, 6.07) is 0. The minimum Gasteiger partial charge on any atom is -0.598 e. The molecule has 1 unspecified atom stereocenters. The Morgan fingerprint density at radius 3 is 1.50 bits per heavy atom. The molecule has 1 atom stereocenters. The summed E-state index contributed by atoms with van der Waals surface area (Å²) in [6.45, 7) is 4.59. The second-order valence-corrected chi connectivity index (χ2v) is 5.42. The van der Waals surface area contributed by atoms with E-state index in [9.17, 15) is 10.4 Å². The first-order valence-corrected chi connectivity index (χ1v) is 7.93. The molecule has 0 fully saturated rings. The molecule has 0 saturated carbocycles. The van der Waals surface area contributed by atoms with Crippen molar-refractivity contribution < 1.29 is 10.0 Å². The molecule has 0 aliphatic carbocycles. The van der Waals surface area contributed by atoms with E-state index in [0.717, 1.165) is 12.8 Å². The van der Waals surface area contributed by atoms with Crippen molar-refractivity contribution in [3.05, 3.63) is 5.21 Å². The Balaban J connectivity index is 3.08. The molecule has 0 amide bonds. The van der Waals surface area contributed by atoms with Gasteiger partial charge >= 0.3 is 0 Å². The maximum atomic E-state index is 11.2. The molecule has 0 saturated heterocycles. The van der Waals surface area contributed by atoms with E-state index in [1.807, 2.05) is 0 Å². The van der Waals surface area contributed by atoms with Gasteiger partial charge in [0.05, 0.1) is 0 Å². The van der Waals surface area contributed by atoms with Crippen LogP contribution in [0.1, 0.15) is 84.5 Å². The highest BCUT2D eigenvalue weighted by Crippen LogP contribution is 2.12. The lowest BCUT2D eigenvalue weighted by Gasteiger charge is -2.32. The molecular weight excluding hydrogens is 226 g/mol. The van der Waals surface area contributed by atoms with Gasteiger partial charge in [0.15, 0.2) is 0 Å². The van der Waals surface area contributed by atoms with Crippen LogP contribution in [0.4, 0.5) is 0 Å². The zero-order chi connectivity index (χ0) is 13.7. The molecular formula is C15H33NO2. The van der Waals surface area contributed by atoms with Crippen LogP contribution in [0.25, 0.3) is 0 Å². The zero-order valence-corrected chi connectivity index (χ0v) is 12.5. The summed E-state index contributed by atoms with van der Waals surface area (Å²) in [4.78, 5) is -1.06. The van der Waals surface area contributed by atoms with Crippen LogP contribution in [0.3, 0.4) is 0 Å². The SMILES string of the molecule is CCCCCCCCCCCCC[N+]([O-])(O)CC. The van der Waals surface area contributed by atoms with Gasteiger partial charge in [0.1, 0.15) is 13.1 Å². The fourth-order valence-corrected chi connectivity index (χ4v) is 2.18. The molecule has 0 aromatic carbocycles. The maximum Gasteiger partial charge on any atom is 0.108 e. The van der Waals surface area contributed by atoms with Crippen molar-refractivity contribution in [3.8, 4) is 0 Å². The third-order valence-corrected chi connectivity index (χ3v) is 3.61. The first-order valence-electron chi connectivity index (χ1n) is 7.93. The number of hydroxylamine groups is 4. The Hall–Kier alpha value is -0.120. The lowest BCUT2D eigenvalue weighted by molar-refractivity contribution is -1.06. The Labute approximate surface area is 113 Å². The first-order chi connectivity index (χ1) is 8.62. The molecule has 0 aromatic rings. The molecule has 0 aliphatic heterocycles. The number of nitrogens with zero attached hydrogens (tertiary/aromatic N) is 1. The Morgan fingerprint density at radius 2 is 1.11 bits per heavy atom. The van der Waals surface area contributed by atoms with Crippen molar-refractivity contribution in [2.24, 2.45) is 0 Å². The van der Waals surface area contributed by atoms with Crippen LogP contribution in [-0.2, 0) is 0 Å². The van der Waals surface area contributed by atoms with Gasteiger partial charge in [-0.1, -0.05) is 64.7 Å². The van der Waals surface area contributed by atoms with Gasteiger partial charge in [-0.05, 0) is 19.8 Å². The summed E-state index contributed by atoms with van der Waals surface area (Å²) in [7, 11) is 0. The van der Waals surface area contributed by atoms with Gasteiger partial charge in [0, 0.05) is 0 Å². The highest BCUT2D eigenvalue weighted by Gasteiger charge is 2.08. The van der Waals surface area contributed by atoms with Gasteiger partial charge in [0.25, 0.3) is 0 Å². The molecule has 3 heteroatoms. The number of unbranched alkanes of at least 4 members (excludes halogenated alkanes) is 10. The van der Waals surface area contributed by atoms with E-state index in [-0.39, 0.29) is 6.54 Å². The average Bonchev–Trinajstić information content (AvgIpc) is 2.36. The molecule has 18 heavy (non-hydrogen) atoms. The maximum absolute atomic E-state index is 11.2. The highest BCUT2D eigenvalue weighted by atomic mass is 16.8. The molecule has 0 rings (SSSR count). The summed E-state index contributed by atoms with van der Waals surface area (Å²) in [5.74, 6) is 0. The van der Waals surface area contributed by atoms with E-state index in [1.165, 1.54) is 57.8 Å². The molecule has 0 aromatic heterocycles. The number of rotatable bonds is 13. The minimum atomic E-state index is -1.06. The zero-order valence-electron chi connectivity index (χ0n) is 12.5. The van der Waals surface area contributed by atoms with Crippen molar-refractivity contribution >= 4 is 0 Å². The topological polar surface area (TPSA) is 43.3 Å². The van der Waals surface area contributed by atoms with Crippen LogP contribution in [0.5, 0.6) is 0 Å². The normalized spacial score (nSPS) is 14.7. The third-order valence-electron chi connectivity index (χ3n) is 3.61. The van der Waals surface area contributed by atoms with Crippen LogP contribution < -0.4 is 0 Å². The summed E-state index contributed by atoms with van der Waals surface area (Å²) < 4.78 is 0. The van der Waals surface area contributed by atoms with Crippen LogP contribution in [-0.4, -0.2) is 23.1 Å². The second kappa shape index (κ2) is 11.9. The lowest BCUT2D eigenvalue weighted by Crippen LogP contribution is -2.38. The summed E-state index contributed by atoms with van der Waals surface area (Å²) in [6.07, 6.45) is 14.0. The van der Waals surface area contributed by atoms with Gasteiger partial charge in [-0.3, -0.25) is 0 Å². The second-order valence-electron chi connectivity index (χ2n) is 5.42. The Bertz CT molecular complexity index is 172. The summed E-state index contributed by atoms with van der Waals surface area (Å²) >= 11 is 0. The van der Waals surface area contributed by atoms with Gasteiger partial charge in [-0.25, -0.2) is 10.0 Å². The number of hydrogen-bond acceptors (Lipinski definition) is 2. The van der Waals surface area contributed by atoms with Crippen molar-refractivity contribution in [1.29, 1.82) is 0 Å². The van der Waals surface area contributed by atoms with E-state index < -0.39 is 4.81 Å². The molecule has 3 nitrogen and oxygen atoms in total. The van der Waals surface area contributed by atoms with Crippen LogP contribution >= 0.6 is 0 Å². The Morgan fingerprint density at radius 1 is 0.722 bits per heavy atom. The van der Waals surface area contributed by atoms with E-state index >= 15 is 0 Å².